The molecule has 5 nitrogen and oxygen atoms in total. The summed E-state index contributed by atoms with van der Waals surface area (Å²) in [7, 11) is 1.40. The van der Waals surface area contributed by atoms with Gasteiger partial charge in [0.1, 0.15) is 0 Å². The number of primary amides is 1. The molecule has 0 bridgehead atoms. The average Bonchev–Trinajstić information content (AvgIpc) is 2.37. The number of carbonyl (C=O) groups is 2. The Balaban J connectivity index is 2.68. The van der Waals surface area contributed by atoms with E-state index >= 15 is 0 Å². The molecule has 0 aromatic heterocycles. The Labute approximate surface area is 119 Å². The molecule has 0 radical (unpaired) electrons. The molecule has 8 heteroatoms. The summed E-state index contributed by atoms with van der Waals surface area (Å²) in [5.74, 6) is -0.388. The van der Waals surface area contributed by atoms with Crippen molar-refractivity contribution in [3.8, 4) is 0 Å². The molecule has 0 heterocycles. The first-order valence-corrected chi connectivity index (χ1v) is 6.14. The summed E-state index contributed by atoms with van der Waals surface area (Å²) < 4.78 is 38.5. The maximum atomic E-state index is 12.8. The van der Waals surface area contributed by atoms with Crippen LogP contribution in [0.1, 0.15) is 17.5 Å². The van der Waals surface area contributed by atoms with Crippen molar-refractivity contribution in [2.24, 2.45) is 5.73 Å². The smallest absolute Gasteiger partial charge is 0.352 e. The highest BCUT2D eigenvalue weighted by Gasteiger charge is 2.33. The Morgan fingerprint density at radius 1 is 1.29 bits per heavy atom. The number of urea groups is 1. The van der Waals surface area contributed by atoms with Crippen LogP contribution in [0.4, 0.5) is 18.0 Å². The van der Waals surface area contributed by atoms with Crippen molar-refractivity contribution in [2.75, 3.05) is 13.6 Å². The molecule has 0 unspecified atom stereocenters. The number of halogens is 3. The number of nitrogens with two attached hydrogens (primary N) is 1. The van der Waals surface area contributed by atoms with E-state index in [1.807, 2.05) is 0 Å². The summed E-state index contributed by atoms with van der Waals surface area (Å²) in [6, 6.07) is 4.33. The van der Waals surface area contributed by atoms with Crippen LogP contribution in [0.15, 0.2) is 24.3 Å². The Bertz CT molecular complexity index is 518. The molecule has 0 aliphatic rings. The van der Waals surface area contributed by atoms with Crippen molar-refractivity contribution in [3.63, 3.8) is 0 Å². The number of alkyl halides is 3. The number of benzene rings is 1. The monoisotopic (exact) mass is 303 g/mol. The summed E-state index contributed by atoms with van der Waals surface area (Å²) in [6.45, 7) is -0.121. The largest absolute Gasteiger partial charge is 0.416 e. The maximum absolute atomic E-state index is 12.8. The molecule has 1 aromatic carbocycles. The second-order valence-electron chi connectivity index (χ2n) is 4.45. The first-order chi connectivity index (χ1) is 9.71. The fourth-order valence-electron chi connectivity index (χ4n) is 1.76. The number of amides is 3. The molecule has 3 N–H and O–H groups in total. The van der Waals surface area contributed by atoms with Crippen LogP contribution in [0.5, 0.6) is 0 Å². The van der Waals surface area contributed by atoms with Gasteiger partial charge in [0.15, 0.2) is 0 Å². The third kappa shape index (κ3) is 5.33. The van der Waals surface area contributed by atoms with Gasteiger partial charge < -0.3 is 16.0 Å². The molecule has 3 amide bonds. The van der Waals surface area contributed by atoms with Crippen LogP contribution in [0.3, 0.4) is 0 Å². The van der Waals surface area contributed by atoms with Crippen LogP contribution >= 0.6 is 0 Å². The molecule has 1 aromatic rings. The van der Waals surface area contributed by atoms with Crippen LogP contribution in [0, 0.1) is 0 Å². The maximum Gasteiger partial charge on any atom is 0.416 e. The van der Waals surface area contributed by atoms with Crippen LogP contribution in [0.25, 0.3) is 0 Å². The summed E-state index contributed by atoms with van der Waals surface area (Å²) in [6.07, 6.45) is -4.50. The van der Waals surface area contributed by atoms with E-state index in [0.29, 0.717) is 0 Å². The zero-order valence-corrected chi connectivity index (χ0v) is 11.4. The van der Waals surface area contributed by atoms with E-state index in [2.05, 4.69) is 5.32 Å². The van der Waals surface area contributed by atoms with Crippen molar-refractivity contribution in [3.05, 3.63) is 35.4 Å². The van der Waals surface area contributed by atoms with Crippen molar-refractivity contribution in [1.82, 2.24) is 10.2 Å². The fourth-order valence-corrected chi connectivity index (χ4v) is 1.76. The third-order valence-corrected chi connectivity index (χ3v) is 2.79. The van der Waals surface area contributed by atoms with E-state index < -0.39 is 17.8 Å². The van der Waals surface area contributed by atoms with Crippen molar-refractivity contribution < 1.29 is 22.8 Å². The number of carbonyl (C=O) groups excluding carboxylic acids is 2. The predicted octanol–water partition coefficient (Wildman–Crippen LogP) is 1.72. The number of hydrogen-bond donors (Lipinski definition) is 2. The molecule has 1 rings (SSSR count). The molecule has 0 aliphatic heterocycles. The summed E-state index contributed by atoms with van der Waals surface area (Å²) in [5, 5.41) is 2.24. The van der Waals surface area contributed by atoms with Gasteiger partial charge in [0.05, 0.1) is 5.56 Å². The van der Waals surface area contributed by atoms with E-state index in [4.69, 9.17) is 5.73 Å². The van der Waals surface area contributed by atoms with Gasteiger partial charge in [-0.3, -0.25) is 4.79 Å². The Hall–Kier alpha value is -2.25. The molecular weight excluding hydrogens is 287 g/mol. The molecule has 0 aliphatic carbocycles. The van der Waals surface area contributed by atoms with Gasteiger partial charge in [-0.15, -0.1) is 0 Å². The highest BCUT2D eigenvalue weighted by Crippen LogP contribution is 2.32. The van der Waals surface area contributed by atoms with E-state index in [9.17, 15) is 22.8 Å². The van der Waals surface area contributed by atoms with Gasteiger partial charge in [-0.2, -0.15) is 13.2 Å². The van der Waals surface area contributed by atoms with Crippen molar-refractivity contribution in [1.29, 1.82) is 0 Å². The minimum Gasteiger partial charge on any atom is -0.352 e. The minimum absolute atomic E-state index is 0.0173. The van der Waals surface area contributed by atoms with Gasteiger partial charge in [0, 0.05) is 26.6 Å². The standard InChI is InChI=1S/C13H16F3N3O2/c1-19(11(20)6-7-18-12(17)21)8-9-4-2-3-5-10(9)13(14,15)16/h2-5H,6-8H2,1H3,(H3,17,18,21). The molecule has 0 spiro atoms. The van der Waals surface area contributed by atoms with Crippen LogP contribution < -0.4 is 11.1 Å². The molecule has 0 atom stereocenters. The summed E-state index contributed by atoms with van der Waals surface area (Å²) >= 11 is 0. The fraction of sp³-hybridized carbons (Fsp3) is 0.385. The number of nitrogens with one attached hydrogen (secondary N) is 1. The highest BCUT2D eigenvalue weighted by molar-refractivity contribution is 5.77. The molecular formula is C13H16F3N3O2. The van der Waals surface area contributed by atoms with Gasteiger partial charge in [0.25, 0.3) is 0 Å². The SMILES string of the molecule is CN(Cc1ccccc1C(F)(F)F)C(=O)CCNC(N)=O. The molecule has 21 heavy (non-hydrogen) atoms. The number of nitrogens with zero attached hydrogens (tertiary/aromatic N) is 1. The van der Waals surface area contributed by atoms with Crippen LogP contribution in [-0.2, 0) is 17.5 Å². The first kappa shape index (κ1) is 16.8. The van der Waals surface area contributed by atoms with Gasteiger partial charge in [-0.1, -0.05) is 18.2 Å². The van der Waals surface area contributed by atoms with Crippen LogP contribution in [-0.4, -0.2) is 30.4 Å². The Morgan fingerprint density at radius 3 is 2.48 bits per heavy atom. The lowest BCUT2D eigenvalue weighted by molar-refractivity contribution is -0.139. The van der Waals surface area contributed by atoms with Crippen molar-refractivity contribution >= 4 is 11.9 Å². The Morgan fingerprint density at radius 2 is 1.90 bits per heavy atom. The van der Waals surface area contributed by atoms with E-state index in [-0.39, 0.29) is 31.0 Å². The lowest BCUT2D eigenvalue weighted by atomic mass is 10.1. The van der Waals surface area contributed by atoms with Crippen LogP contribution in [0.2, 0.25) is 0 Å². The van der Waals surface area contributed by atoms with Gasteiger partial charge in [0.2, 0.25) is 5.91 Å². The summed E-state index contributed by atoms with van der Waals surface area (Å²) in [5.41, 5.74) is 4.10. The predicted molar refractivity (Wildman–Crippen MR) is 70.1 cm³/mol. The Kier molecular flexibility index (Phi) is 5.57. The highest BCUT2D eigenvalue weighted by atomic mass is 19.4. The van der Waals surface area contributed by atoms with E-state index in [1.54, 1.807) is 0 Å². The average molecular weight is 303 g/mol. The lowest BCUT2D eigenvalue weighted by Crippen LogP contribution is -2.34. The topological polar surface area (TPSA) is 75.4 Å². The first-order valence-electron chi connectivity index (χ1n) is 6.14. The minimum atomic E-state index is -4.46. The van der Waals surface area contributed by atoms with Crippen molar-refractivity contribution in [2.45, 2.75) is 19.1 Å². The molecule has 0 saturated heterocycles. The van der Waals surface area contributed by atoms with E-state index in [0.717, 1.165) is 6.07 Å². The molecule has 0 fully saturated rings. The zero-order chi connectivity index (χ0) is 16.0. The number of hydrogen-bond acceptors (Lipinski definition) is 2. The second kappa shape index (κ2) is 6.96. The van der Waals surface area contributed by atoms with Gasteiger partial charge in [-0.25, -0.2) is 4.79 Å². The van der Waals surface area contributed by atoms with Gasteiger partial charge in [-0.05, 0) is 11.6 Å². The summed E-state index contributed by atoms with van der Waals surface area (Å²) in [4.78, 5) is 23.4. The molecule has 0 saturated carbocycles. The quantitative estimate of drug-likeness (QED) is 0.869. The third-order valence-electron chi connectivity index (χ3n) is 2.79. The van der Waals surface area contributed by atoms with E-state index in [1.165, 1.54) is 30.1 Å². The second-order valence-corrected chi connectivity index (χ2v) is 4.45. The van der Waals surface area contributed by atoms with Gasteiger partial charge >= 0.3 is 12.2 Å². The lowest BCUT2D eigenvalue weighted by Gasteiger charge is -2.20. The number of rotatable bonds is 5. The zero-order valence-electron chi connectivity index (χ0n) is 11.4. The normalized spacial score (nSPS) is 11.0. The molecule has 116 valence electrons.